The molecule has 0 bridgehead atoms. The second-order valence-electron chi connectivity index (χ2n) is 7.31. The number of halogens is 1. The highest BCUT2D eigenvalue weighted by Gasteiger charge is 2.24. The number of rotatable bonds is 8. The third-order valence-corrected chi connectivity index (χ3v) is 4.99. The van der Waals surface area contributed by atoms with Gasteiger partial charge in [0.1, 0.15) is 18.2 Å². The zero-order valence-electron chi connectivity index (χ0n) is 17.4. The summed E-state index contributed by atoms with van der Waals surface area (Å²) in [5.41, 5.74) is 1.49. The number of nitrogens with zero attached hydrogens (tertiary/aromatic N) is 1. The van der Waals surface area contributed by atoms with Crippen LogP contribution in [-0.4, -0.2) is 56.0 Å². The van der Waals surface area contributed by atoms with Crippen molar-refractivity contribution in [2.45, 2.75) is 0 Å². The lowest BCUT2D eigenvalue weighted by molar-refractivity contribution is -0.895. The Kier molecular flexibility index (Phi) is 7.95. The van der Waals surface area contributed by atoms with Crippen molar-refractivity contribution in [3.05, 3.63) is 78.6 Å². The van der Waals surface area contributed by atoms with E-state index >= 15 is 0 Å². The molecule has 1 saturated heterocycles. The molecule has 3 rings (SSSR count). The van der Waals surface area contributed by atoms with Gasteiger partial charge in [0.25, 0.3) is 5.91 Å². The van der Waals surface area contributed by atoms with Crippen LogP contribution in [0.15, 0.2) is 67.3 Å². The summed E-state index contributed by atoms with van der Waals surface area (Å²) in [6.45, 7) is 6.97. The van der Waals surface area contributed by atoms with E-state index in [9.17, 15) is 14.0 Å². The smallest absolute Gasteiger partial charge is 0.279 e. The van der Waals surface area contributed by atoms with Crippen molar-refractivity contribution in [1.29, 1.82) is 0 Å². The van der Waals surface area contributed by atoms with Gasteiger partial charge >= 0.3 is 0 Å². The Hall–Kier alpha value is -3.45. The Morgan fingerprint density at radius 2 is 1.77 bits per heavy atom. The first-order valence-corrected chi connectivity index (χ1v) is 10.2. The number of hydrogen-bond acceptors (Lipinski definition) is 3. The fourth-order valence-electron chi connectivity index (χ4n) is 3.29. The van der Waals surface area contributed by atoms with Crippen LogP contribution in [0.4, 0.5) is 10.1 Å². The van der Waals surface area contributed by atoms with Crippen molar-refractivity contribution >= 4 is 23.6 Å². The van der Waals surface area contributed by atoms with E-state index in [2.05, 4.69) is 11.9 Å². The van der Waals surface area contributed by atoms with E-state index in [0.717, 1.165) is 16.2 Å². The number of nitrogens with one attached hydrogen (secondary N) is 2. The maximum absolute atomic E-state index is 12.9. The normalized spacial score (nSPS) is 14.4. The van der Waals surface area contributed by atoms with E-state index in [-0.39, 0.29) is 17.6 Å². The summed E-state index contributed by atoms with van der Waals surface area (Å²) in [7, 11) is 0. The molecule has 1 aliphatic rings. The van der Waals surface area contributed by atoms with Crippen LogP contribution in [0.25, 0.3) is 6.08 Å². The van der Waals surface area contributed by atoms with Crippen LogP contribution < -0.4 is 15.0 Å². The molecule has 0 spiro atoms. The zero-order valence-corrected chi connectivity index (χ0v) is 17.4. The minimum absolute atomic E-state index is 0.0400. The summed E-state index contributed by atoms with van der Waals surface area (Å²) in [6.07, 6.45) is 5.05. The molecular weight excluding hydrogens is 397 g/mol. The molecule has 0 aromatic heterocycles. The van der Waals surface area contributed by atoms with Crippen molar-refractivity contribution in [1.82, 2.24) is 4.90 Å². The number of carbonyl (C=O) groups excluding carboxylic acids is 2. The van der Waals surface area contributed by atoms with Gasteiger partial charge in [0.15, 0.2) is 6.54 Å². The second-order valence-corrected chi connectivity index (χ2v) is 7.31. The maximum atomic E-state index is 12.9. The molecule has 0 saturated carbocycles. The third-order valence-electron chi connectivity index (χ3n) is 4.99. The van der Waals surface area contributed by atoms with Crippen LogP contribution in [0.2, 0.25) is 0 Å². The van der Waals surface area contributed by atoms with E-state index in [1.54, 1.807) is 23.1 Å². The van der Waals surface area contributed by atoms with Gasteiger partial charge in [-0.25, -0.2) is 4.39 Å². The number of anilines is 1. The van der Waals surface area contributed by atoms with E-state index in [0.29, 0.717) is 45.0 Å². The number of quaternary nitrogens is 1. The Morgan fingerprint density at radius 3 is 2.42 bits per heavy atom. The Labute approximate surface area is 181 Å². The number of carbonyl (C=O) groups is 2. The van der Waals surface area contributed by atoms with E-state index < -0.39 is 0 Å². The van der Waals surface area contributed by atoms with Crippen LogP contribution in [0, 0.1) is 5.82 Å². The van der Waals surface area contributed by atoms with E-state index in [1.807, 2.05) is 24.3 Å². The Balaban J connectivity index is 1.41. The number of hydrogen-bond donors (Lipinski definition) is 2. The number of benzene rings is 2. The fraction of sp³-hybridized carbons (Fsp3) is 0.250. The Morgan fingerprint density at radius 1 is 1.10 bits per heavy atom. The molecule has 31 heavy (non-hydrogen) atoms. The molecule has 2 aromatic rings. The van der Waals surface area contributed by atoms with Crippen molar-refractivity contribution in [2.24, 2.45) is 0 Å². The molecule has 7 heteroatoms. The standard InChI is InChI=1S/C24H26FN3O3/c1-2-17-31-22-10-3-19(4-11-22)5-12-24(30)28-15-13-27(14-16-28)18-23(29)26-21-8-6-20(25)7-9-21/h2-12H,1,13-18H2,(H,26,29)/p+1/b12-5+. The summed E-state index contributed by atoms with van der Waals surface area (Å²) >= 11 is 0. The largest absolute Gasteiger partial charge is 0.490 e. The number of piperazine rings is 1. The molecule has 0 atom stereocenters. The second kappa shape index (κ2) is 11.1. The van der Waals surface area contributed by atoms with Crippen molar-refractivity contribution in [3.63, 3.8) is 0 Å². The van der Waals surface area contributed by atoms with Gasteiger partial charge in [0.2, 0.25) is 5.91 Å². The molecule has 0 aliphatic carbocycles. The van der Waals surface area contributed by atoms with Gasteiger partial charge in [0.05, 0.1) is 26.2 Å². The molecule has 2 aromatic carbocycles. The summed E-state index contributed by atoms with van der Waals surface area (Å²) < 4.78 is 18.4. The fourth-order valence-corrected chi connectivity index (χ4v) is 3.29. The molecule has 1 fully saturated rings. The molecule has 2 amide bonds. The van der Waals surface area contributed by atoms with Gasteiger partial charge in [-0.3, -0.25) is 9.59 Å². The maximum Gasteiger partial charge on any atom is 0.279 e. The summed E-state index contributed by atoms with van der Waals surface area (Å²) in [5.74, 6) is 0.252. The molecule has 1 aliphatic heterocycles. The molecule has 2 N–H and O–H groups in total. The summed E-state index contributed by atoms with van der Waals surface area (Å²) in [4.78, 5) is 27.6. The highest BCUT2D eigenvalue weighted by molar-refractivity contribution is 5.92. The van der Waals surface area contributed by atoms with E-state index in [1.165, 1.54) is 24.3 Å². The van der Waals surface area contributed by atoms with Gasteiger partial charge in [-0.05, 0) is 48.0 Å². The van der Waals surface area contributed by atoms with Crippen LogP contribution in [0.3, 0.4) is 0 Å². The zero-order chi connectivity index (χ0) is 22.1. The molecule has 1 heterocycles. The van der Waals surface area contributed by atoms with Gasteiger partial charge in [-0.15, -0.1) is 0 Å². The molecule has 0 radical (unpaired) electrons. The average molecular weight is 424 g/mol. The van der Waals surface area contributed by atoms with Crippen molar-refractivity contribution < 1.29 is 23.6 Å². The quantitative estimate of drug-likeness (QED) is 0.502. The predicted octanol–water partition coefficient (Wildman–Crippen LogP) is 1.77. The van der Waals surface area contributed by atoms with Gasteiger partial charge in [0, 0.05) is 11.8 Å². The monoisotopic (exact) mass is 424 g/mol. The van der Waals surface area contributed by atoms with Crippen LogP contribution in [0.1, 0.15) is 5.56 Å². The minimum atomic E-state index is -0.340. The number of ether oxygens (including phenoxy) is 1. The minimum Gasteiger partial charge on any atom is -0.490 e. The van der Waals surface area contributed by atoms with Crippen LogP contribution in [0.5, 0.6) is 5.75 Å². The highest BCUT2D eigenvalue weighted by atomic mass is 19.1. The first-order chi connectivity index (χ1) is 15.0. The van der Waals surface area contributed by atoms with Crippen molar-refractivity contribution in [3.8, 4) is 5.75 Å². The lowest BCUT2D eigenvalue weighted by Crippen LogP contribution is -3.15. The van der Waals surface area contributed by atoms with Crippen LogP contribution >= 0.6 is 0 Å². The first kappa shape index (κ1) is 22.2. The first-order valence-electron chi connectivity index (χ1n) is 10.2. The molecular formula is C24H27FN3O3+. The van der Waals surface area contributed by atoms with E-state index in [4.69, 9.17) is 4.74 Å². The van der Waals surface area contributed by atoms with Crippen molar-refractivity contribution in [2.75, 3.05) is 44.6 Å². The highest BCUT2D eigenvalue weighted by Crippen LogP contribution is 2.13. The van der Waals surface area contributed by atoms with Gasteiger partial charge in [-0.1, -0.05) is 24.8 Å². The number of amides is 2. The van der Waals surface area contributed by atoms with Crippen LogP contribution in [-0.2, 0) is 9.59 Å². The predicted molar refractivity (Wildman–Crippen MR) is 118 cm³/mol. The molecule has 0 unspecified atom stereocenters. The lowest BCUT2D eigenvalue weighted by Gasteiger charge is -2.31. The third kappa shape index (κ3) is 7.08. The van der Waals surface area contributed by atoms with Gasteiger partial charge < -0.3 is 19.9 Å². The summed E-state index contributed by atoms with van der Waals surface area (Å²) in [5, 5.41) is 2.77. The molecule has 162 valence electrons. The Bertz CT molecular complexity index is 918. The average Bonchev–Trinajstić information content (AvgIpc) is 2.79. The topological polar surface area (TPSA) is 63.1 Å². The summed E-state index contributed by atoms with van der Waals surface area (Å²) in [6, 6.07) is 13.2. The molecule has 6 nitrogen and oxygen atoms in total. The lowest BCUT2D eigenvalue weighted by atomic mass is 10.2. The SMILES string of the molecule is C=CCOc1ccc(/C=C/C(=O)N2CC[NH+](CC(=O)Nc3ccc(F)cc3)CC2)cc1. The van der Waals surface area contributed by atoms with Gasteiger partial charge in [-0.2, -0.15) is 0 Å².